The number of sulfonamides is 1. The monoisotopic (exact) mass is 388 g/mol. The van der Waals surface area contributed by atoms with E-state index in [0.717, 1.165) is 28.5 Å². The number of carbonyl (C=O) groups excluding carboxylic acids is 2. The summed E-state index contributed by atoms with van der Waals surface area (Å²) in [5.41, 5.74) is 2.50. The van der Waals surface area contributed by atoms with Crippen LogP contribution >= 0.6 is 0 Å². The molecule has 1 fully saturated rings. The number of hydrogen-bond donors (Lipinski definition) is 0. The molecule has 4 rings (SSSR count). The van der Waals surface area contributed by atoms with E-state index < -0.39 is 21.9 Å². The Kier molecular flexibility index (Phi) is 4.10. The van der Waals surface area contributed by atoms with Gasteiger partial charge in [-0.1, -0.05) is 12.1 Å². The molecule has 0 radical (unpaired) electrons. The van der Waals surface area contributed by atoms with E-state index in [1.807, 2.05) is 13.8 Å². The molecule has 2 aliphatic rings. The maximum absolute atomic E-state index is 12.5. The van der Waals surface area contributed by atoms with Crippen molar-refractivity contribution in [3.8, 4) is 0 Å². The van der Waals surface area contributed by atoms with Crippen LogP contribution in [0.2, 0.25) is 0 Å². The molecule has 0 N–H and O–H groups in total. The first kappa shape index (κ1) is 17.8. The normalized spacial score (nSPS) is 17.9. The van der Waals surface area contributed by atoms with E-state index >= 15 is 0 Å². The summed E-state index contributed by atoms with van der Waals surface area (Å²) in [5, 5.41) is 0. The van der Waals surface area contributed by atoms with Gasteiger partial charge >= 0.3 is 5.97 Å². The number of amides is 1. The molecule has 1 aliphatic carbocycles. The van der Waals surface area contributed by atoms with Gasteiger partial charge in [0.15, 0.2) is 0 Å². The molecule has 0 bridgehead atoms. The summed E-state index contributed by atoms with van der Waals surface area (Å²) in [7, 11) is -3.88. The quantitative estimate of drug-likeness (QED) is 0.735. The lowest BCUT2D eigenvalue weighted by Gasteiger charge is -2.15. The van der Waals surface area contributed by atoms with Crippen molar-refractivity contribution in [3.63, 3.8) is 0 Å². The number of nitrogens with zero attached hydrogens (tertiary/aromatic N) is 2. The fourth-order valence-corrected chi connectivity index (χ4v) is 5.18. The summed E-state index contributed by atoms with van der Waals surface area (Å²) >= 11 is 0. The topological polar surface area (TPSA) is 85.7 Å². The molecule has 0 atom stereocenters. The van der Waals surface area contributed by atoms with E-state index in [1.54, 1.807) is 18.2 Å². The molecule has 0 saturated heterocycles. The van der Waals surface area contributed by atoms with Gasteiger partial charge in [0.25, 0.3) is 15.9 Å². The zero-order chi connectivity index (χ0) is 19.3. The van der Waals surface area contributed by atoms with Crippen molar-refractivity contribution < 1.29 is 22.7 Å². The second-order valence-corrected chi connectivity index (χ2v) is 8.73. The van der Waals surface area contributed by atoms with Crippen LogP contribution in [0.4, 0.5) is 0 Å². The Morgan fingerprint density at radius 2 is 1.93 bits per heavy atom. The van der Waals surface area contributed by atoms with Crippen LogP contribution in [0.3, 0.4) is 0 Å². The van der Waals surface area contributed by atoms with E-state index in [9.17, 15) is 18.0 Å². The summed E-state index contributed by atoms with van der Waals surface area (Å²) in [6.07, 6.45) is 2.22. The minimum Gasteiger partial charge on any atom is -0.460 e. The number of aromatic nitrogens is 1. The Morgan fingerprint density at radius 3 is 2.59 bits per heavy atom. The van der Waals surface area contributed by atoms with Crippen LogP contribution in [0.15, 0.2) is 35.2 Å². The van der Waals surface area contributed by atoms with Crippen molar-refractivity contribution >= 4 is 21.9 Å². The Labute approximate surface area is 157 Å². The van der Waals surface area contributed by atoms with Gasteiger partial charge in [0.05, 0.1) is 17.7 Å². The van der Waals surface area contributed by atoms with Crippen molar-refractivity contribution in [1.82, 2.24) is 8.87 Å². The average molecular weight is 388 g/mol. The highest BCUT2D eigenvalue weighted by Gasteiger charge is 2.40. The van der Waals surface area contributed by atoms with Crippen LogP contribution in [0, 0.1) is 13.8 Å². The standard InChI is InChI=1S/C19H20N2O5S/c1-12-11-16(13(2)21(12)14-7-8-14)19(23)26-10-9-20-18(22)15-5-3-4-6-17(15)27(20,24)25/h3-6,11,14H,7-10H2,1-2H3. The van der Waals surface area contributed by atoms with Gasteiger partial charge in [0.2, 0.25) is 0 Å². The molecule has 7 nitrogen and oxygen atoms in total. The number of benzene rings is 1. The van der Waals surface area contributed by atoms with Gasteiger partial charge in [-0.2, -0.15) is 0 Å². The first-order valence-electron chi connectivity index (χ1n) is 8.84. The molecular weight excluding hydrogens is 368 g/mol. The van der Waals surface area contributed by atoms with E-state index in [4.69, 9.17) is 4.74 Å². The van der Waals surface area contributed by atoms with Gasteiger partial charge < -0.3 is 9.30 Å². The van der Waals surface area contributed by atoms with Crippen molar-refractivity contribution in [2.24, 2.45) is 0 Å². The molecule has 27 heavy (non-hydrogen) atoms. The molecule has 1 amide bonds. The fraction of sp³-hybridized carbons (Fsp3) is 0.368. The number of fused-ring (bicyclic) bond motifs is 1. The van der Waals surface area contributed by atoms with Crippen molar-refractivity contribution in [2.75, 3.05) is 13.2 Å². The lowest BCUT2D eigenvalue weighted by molar-refractivity contribution is 0.0477. The summed E-state index contributed by atoms with van der Waals surface area (Å²) < 4.78 is 33.1. The van der Waals surface area contributed by atoms with Gasteiger partial charge in [-0.05, 0) is 44.9 Å². The third kappa shape index (κ3) is 2.84. The molecule has 142 valence electrons. The molecule has 2 heterocycles. The van der Waals surface area contributed by atoms with E-state index in [1.165, 1.54) is 12.1 Å². The van der Waals surface area contributed by atoms with Gasteiger partial charge in [-0.25, -0.2) is 17.5 Å². The molecule has 1 aliphatic heterocycles. The molecule has 1 aromatic carbocycles. The number of esters is 1. The maximum Gasteiger partial charge on any atom is 0.340 e. The smallest absolute Gasteiger partial charge is 0.340 e. The molecule has 0 spiro atoms. The molecular formula is C19H20N2O5S. The number of aryl methyl sites for hydroxylation is 1. The molecule has 0 unspecified atom stereocenters. The molecule has 1 aromatic heterocycles. The first-order valence-corrected chi connectivity index (χ1v) is 10.3. The summed E-state index contributed by atoms with van der Waals surface area (Å²) in [6, 6.07) is 8.32. The number of carbonyl (C=O) groups is 2. The summed E-state index contributed by atoms with van der Waals surface area (Å²) in [5.74, 6) is -1.09. The molecule has 2 aromatic rings. The SMILES string of the molecule is Cc1cc(C(=O)OCCN2C(=O)c3ccccc3S2(=O)=O)c(C)n1C1CC1. The van der Waals surface area contributed by atoms with E-state index in [0.29, 0.717) is 11.6 Å². The average Bonchev–Trinajstić information content (AvgIpc) is 3.39. The Balaban J connectivity index is 1.44. The second-order valence-electron chi connectivity index (χ2n) is 6.90. The van der Waals surface area contributed by atoms with Crippen LogP contribution in [-0.2, 0) is 14.8 Å². The Morgan fingerprint density at radius 1 is 1.22 bits per heavy atom. The largest absolute Gasteiger partial charge is 0.460 e. The molecule has 8 heteroatoms. The zero-order valence-corrected chi connectivity index (χ0v) is 16.0. The first-order chi connectivity index (χ1) is 12.8. The maximum atomic E-state index is 12.5. The lowest BCUT2D eigenvalue weighted by Crippen LogP contribution is -2.33. The van der Waals surface area contributed by atoms with Crippen LogP contribution in [0.5, 0.6) is 0 Å². The minimum atomic E-state index is -3.88. The van der Waals surface area contributed by atoms with E-state index in [2.05, 4.69) is 4.57 Å². The lowest BCUT2D eigenvalue weighted by atomic mass is 10.2. The van der Waals surface area contributed by atoms with Gasteiger partial charge in [0.1, 0.15) is 11.5 Å². The fourth-order valence-electron chi connectivity index (χ4n) is 3.63. The highest BCUT2D eigenvalue weighted by Crippen LogP contribution is 2.38. The molecule has 1 saturated carbocycles. The number of ether oxygens (including phenoxy) is 1. The van der Waals surface area contributed by atoms with Gasteiger partial charge in [-0.15, -0.1) is 0 Å². The minimum absolute atomic E-state index is 0.00527. The Bertz CT molecular complexity index is 1050. The van der Waals surface area contributed by atoms with Crippen molar-refractivity contribution in [3.05, 3.63) is 52.8 Å². The van der Waals surface area contributed by atoms with Gasteiger partial charge in [0, 0.05) is 17.4 Å². The van der Waals surface area contributed by atoms with Crippen LogP contribution in [0.25, 0.3) is 0 Å². The van der Waals surface area contributed by atoms with Crippen molar-refractivity contribution in [1.29, 1.82) is 0 Å². The predicted octanol–water partition coefficient (Wildman–Crippen LogP) is 2.44. The number of hydrogen-bond acceptors (Lipinski definition) is 5. The Hall–Kier alpha value is -2.61. The zero-order valence-electron chi connectivity index (χ0n) is 15.1. The van der Waals surface area contributed by atoms with Gasteiger partial charge in [-0.3, -0.25) is 4.79 Å². The second kappa shape index (κ2) is 6.23. The van der Waals surface area contributed by atoms with Crippen LogP contribution in [-0.4, -0.2) is 42.3 Å². The highest BCUT2D eigenvalue weighted by atomic mass is 32.2. The van der Waals surface area contributed by atoms with Crippen LogP contribution in [0.1, 0.15) is 51.0 Å². The highest BCUT2D eigenvalue weighted by molar-refractivity contribution is 7.90. The predicted molar refractivity (Wildman–Crippen MR) is 97.1 cm³/mol. The van der Waals surface area contributed by atoms with E-state index in [-0.39, 0.29) is 23.6 Å². The third-order valence-corrected chi connectivity index (χ3v) is 6.90. The van der Waals surface area contributed by atoms with Crippen molar-refractivity contribution in [2.45, 2.75) is 37.6 Å². The summed E-state index contributed by atoms with van der Waals surface area (Å²) in [6.45, 7) is 3.44. The van der Waals surface area contributed by atoms with Crippen LogP contribution < -0.4 is 0 Å². The summed E-state index contributed by atoms with van der Waals surface area (Å²) in [4.78, 5) is 24.8. The third-order valence-electron chi connectivity index (χ3n) is 5.06. The number of rotatable bonds is 5.